The fourth-order valence-corrected chi connectivity index (χ4v) is 2.62. The Hall–Kier alpha value is -1.10. The standard InChI is InChI=1S/C15H23NO3/c1-19-13-6-4-5-12(9-13)14(17)10-16-11-15(18)7-2-3-8-15/h4-6,9,14,16-18H,2-3,7-8,10-11H2,1H3. The summed E-state index contributed by atoms with van der Waals surface area (Å²) in [6.45, 7) is 0.990. The summed E-state index contributed by atoms with van der Waals surface area (Å²) in [4.78, 5) is 0. The van der Waals surface area contributed by atoms with Gasteiger partial charge >= 0.3 is 0 Å². The van der Waals surface area contributed by atoms with E-state index in [4.69, 9.17) is 4.74 Å². The lowest BCUT2D eigenvalue weighted by Crippen LogP contribution is -2.39. The molecule has 0 spiro atoms. The van der Waals surface area contributed by atoms with Crippen LogP contribution in [0.3, 0.4) is 0 Å². The zero-order valence-electron chi connectivity index (χ0n) is 11.4. The van der Waals surface area contributed by atoms with Crippen LogP contribution in [0.4, 0.5) is 0 Å². The van der Waals surface area contributed by atoms with E-state index in [9.17, 15) is 10.2 Å². The maximum atomic E-state index is 10.2. The number of rotatable bonds is 6. The van der Waals surface area contributed by atoms with Crippen molar-refractivity contribution in [2.24, 2.45) is 0 Å². The maximum absolute atomic E-state index is 10.2. The highest BCUT2D eigenvalue weighted by Crippen LogP contribution is 2.28. The Morgan fingerprint density at radius 3 is 2.79 bits per heavy atom. The van der Waals surface area contributed by atoms with Crippen molar-refractivity contribution in [1.29, 1.82) is 0 Å². The second-order valence-corrected chi connectivity index (χ2v) is 5.35. The summed E-state index contributed by atoms with van der Waals surface area (Å²) in [5, 5.41) is 23.5. The van der Waals surface area contributed by atoms with Gasteiger partial charge in [-0.25, -0.2) is 0 Å². The van der Waals surface area contributed by atoms with E-state index in [0.717, 1.165) is 37.0 Å². The highest BCUT2D eigenvalue weighted by molar-refractivity contribution is 5.29. The number of ether oxygens (including phenoxy) is 1. The van der Waals surface area contributed by atoms with Crippen molar-refractivity contribution in [3.63, 3.8) is 0 Å². The Kier molecular flexibility index (Phi) is 4.80. The minimum absolute atomic E-state index is 0.440. The molecule has 1 saturated carbocycles. The molecule has 19 heavy (non-hydrogen) atoms. The van der Waals surface area contributed by atoms with Crippen LogP contribution < -0.4 is 10.1 Å². The molecule has 1 atom stereocenters. The molecule has 4 nitrogen and oxygen atoms in total. The molecule has 0 saturated heterocycles. The van der Waals surface area contributed by atoms with E-state index in [1.54, 1.807) is 7.11 Å². The van der Waals surface area contributed by atoms with Crippen molar-refractivity contribution >= 4 is 0 Å². The summed E-state index contributed by atoms with van der Waals surface area (Å²) < 4.78 is 5.14. The van der Waals surface area contributed by atoms with E-state index in [0.29, 0.717) is 13.1 Å². The van der Waals surface area contributed by atoms with Gasteiger partial charge in [-0.15, -0.1) is 0 Å². The molecule has 1 aromatic carbocycles. The second-order valence-electron chi connectivity index (χ2n) is 5.35. The lowest BCUT2D eigenvalue weighted by atomic mass is 10.0. The third-order valence-corrected chi connectivity index (χ3v) is 3.80. The summed E-state index contributed by atoms with van der Waals surface area (Å²) in [6, 6.07) is 7.42. The van der Waals surface area contributed by atoms with Gasteiger partial charge in [-0.2, -0.15) is 0 Å². The number of methoxy groups -OCH3 is 1. The maximum Gasteiger partial charge on any atom is 0.119 e. The molecule has 0 bridgehead atoms. The smallest absolute Gasteiger partial charge is 0.119 e. The molecular formula is C15H23NO3. The fourth-order valence-electron chi connectivity index (χ4n) is 2.62. The van der Waals surface area contributed by atoms with Crippen molar-refractivity contribution in [2.45, 2.75) is 37.4 Å². The van der Waals surface area contributed by atoms with E-state index in [2.05, 4.69) is 5.32 Å². The lowest BCUT2D eigenvalue weighted by Gasteiger charge is -2.23. The van der Waals surface area contributed by atoms with E-state index >= 15 is 0 Å². The van der Waals surface area contributed by atoms with Gasteiger partial charge in [-0.1, -0.05) is 25.0 Å². The van der Waals surface area contributed by atoms with Crippen LogP contribution in [0, 0.1) is 0 Å². The molecule has 0 aliphatic heterocycles. The molecule has 0 radical (unpaired) electrons. The number of aliphatic hydroxyl groups is 2. The molecule has 4 heteroatoms. The van der Waals surface area contributed by atoms with Gasteiger partial charge in [-0.05, 0) is 30.5 Å². The lowest BCUT2D eigenvalue weighted by molar-refractivity contribution is 0.0438. The molecule has 0 aromatic heterocycles. The normalized spacial score (nSPS) is 19.3. The predicted octanol–water partition coefficient (Wildman–Crippen LogP) is 1.62. The summed E-state index contributed by atoms with van der Waals surface area (Å²) in [6.07, 6.45) is 3.32. The molecule has 2 rings (SSSR count). The Balaban J connectivity index is 1.81. The van der Waals surface area contributed by atoms with E-state index in [1.807, 2.05) is 24.3 Å². The monoisotopic (exact) mass is 265 g/mol. The first-order valence-corrected chi connectivity index (χ1v) is 6.88. The topological polar surface area (TPSA) is 61.7 Å². The van der Waals surface area contributed by atoms with Crippen molar-refractivity contribution in [2.75, 3.05) is 20.2 Å². The van der Waals surface area contributed by atoms with Crippen molar-refractivity contribution in [1.82, 2.24) is 5.32 Å². The molecule has 0 heterocycles. The third kappa shape index (κ3) is 3.93. The third-order valence-electron chi connectivity index (χ3n) is 3.80. The molecule has 1 aromatic rings. The Labute approximate surface area is 114 Å². The predicted molar refractivity (Wildman–Crippen MR) is 74.2 cm³/mol. The second kappa shape index (κ2) is 6.37. The molecule has 106 valence electrons. The van der Waals surface area contributed by atoms with Crippen LogP contribution in [-0.2, 0) is 0 Å². The van der Waals surface area contributed by atoms with Crippen LogP contribution >= 0.6 is 0 Å². The molecule has 1 fully saturated rings. The average molecular weight is 265 g/mol. The van der Waals surface area contributed by atoms with Crippen LogP contribution in [0.2, 0.25) is 0 Å². The minimum atomic E-state index is -0.583. The molecular weight excluding hydrogens is 242 g/mol. The molecule has 0 amide bonds. The molecule has 1 aliphatic rings. The summed E-state index contributed by atoms with van der Waals surface area (Å²) in [7, 11) is 1.61. The molecule has 1 aliphatic carbocycles. The zero-order chi connectivity index (χ0) is 13.7. The minimum Gasteiger partial charge on any atom is -0.497 e. The highest BCUT2D eigenvalue weighted by Gasteiger charge is 2.30. The van der Waals surface area contributed by atoms with Gasteiger partial charge in [0.2, 0.25) is 0 Å². The SMILES string of the molecule is COc1cccc(C(O)CNCC2(O)CCCC2)c1. The average Bonchev–Trinajstić information content (AvgIpc) is 2.85. The van der Waals surface area contributed by atoms with Gasteiger partial charge in [0, 0.05) is 13.1 Å². The van der Waals surface area contributed by atoms with E-state index in [-0.39, 0.29) is 0 Å². The van der Waals surface area contributed by atoms with Crippen LogP contribution in [0.1, 0.15) is 37.4 Å². The quantitative estimate of drug-likeness (QED) is 0.731. The largest absolute Gasteiger partial charge is 0.497 e. The van der Waals surface area contributed by atoms with Crippen molar-refractivity contribution in [3.8, 4) is 5.75 Å². The number of benzene rings is 1. The van der Waals surface area contributed by atoms with Crippen LogP contribution in [-0.4, -0.2) is 36.0 Å². The van der Waals surface area contributed by atoms with E-state index in [1.165, 1.54) is 0 Å². The van der Waals surface area contributed by atoms with Crippen LogP contribution in [0.25, 0.3) is 0 Å². The van der Waals surface area contributed by atoms with Gasteiger partial charge in [0.05, 0.1) is 18.8 Å². The van der Waals surface area contributed by atoms with Crippen LogP contribution in [0.15, 0.2) is 24.3 Å². The number of hydrogen-bond acceptors (Lipinski definition) is 4. The first-order chi connectivity index (χ1) is 9.13. The van der Waals surface area contributed by atoms with E-state index < -0.39 is 11.7 Å². The van der Waals surface area contributed by atoms with Gasteiger partial charge in [0.1, 0.15) is 5.75 Å². The van der Waals surface area contributed by atoms with Crippen LogP contribution in [0.5, 0.6) is 5.75 Å². The first kappa shape index (κ1) is 14.3. The number of hydrogen-bond donors (Lipinski definition) is 3. The van der Waals surface area contributed by atoms with Gasteiger partial charge < -0.3 is 20.3 Å². The van der Waals surface area contributed by atoms with Crippen molar-refractivity contribution in [3.05, 3.63) is 29.8 Å². The first-order valence-electron chi connectivity index (χ1n) is 6.88. The van der Waals surface area contributed by atoms with Gasteiger partial charge in [-0.3, -0.25) is 0 Å². The molecule has 1 unspecified atom stereocenters. The highest BCUT2D eigenvalue weighted by atomic mass is 16.5. The fraction of sp³-hybridized carbons (Fsp3) is 0.600. The summed E-state index contributed by atoms with van der Waals surface area (Å²) in [5.41, 5.74) is 0.249. The Morgan fingerprint density at radius 2 is 2.11 bits per heavy atom. The number of nitrogens with one attached hydrogen (secondary N) is 1. The summed E-state index contributed by atoms with van der Waals surface area (Å²) in [5.74, 6) is 0.742. The van der Waals surface area contributed by atoms with Gasteiger partial charge in [0.15, 0.2) is 0 Å². The Morgan fingerprint density at radius 1 is 1.37 bits per heavy atom. The Bertz CT molecular complexity index is 402. The van der Waals surface area contributed by atoms with Gasteiger partial charge in [0.25, 0.3) is 0 Å². The molecule has 3 N–H and O–H groups in total. The van der Waals surface area contributed by atoms with Crippen molar-refractivity contribution < 1.29 is 14.9 Å². The summed E-state index contributed by atoms with van der Waals surface area (Å²) >= 11 is 0. The zero-order valence-corrected chi connectivity index (χ0v) is 11.4. The number of aliphatic hydroxyl groups excluding tert-OH is 1.